The zero-order chi connectivity index (χ0) is 3.41. The van der Waals surface area contributed by atoms with Gasteiger partial charge in [-0.1, -0.05) is 0 Å². The van der Waals surface area contributed by atoms with Gasteiger partial charge in [-0.25, -0.2) is 0 Å². The summed E-state index contributed by atoms with van der Waals surface area (Å²) in [7, 11) is 0. The van der Waals surface area contributed by atoms with Crippen molar-refractivity contribution in [3.8, 4) is 0 Å². The first-order chi connectivity index (χ1) is 1.91. The SMILES string of the molecule is ONCCl. The van der Waals surface area contributed by atoms with Gasteiger partial charge in [-0.3, -0.25) is 0 Å². The van der Waals surface area contributed by atoms with E-state index in [9.17, 15) is 0 Å². The molecular weight excluding hydrogens is 77.5 g/mol. The molecule has 2 nitrogen and oxygen atoms in total. The fourth-order valence-electron chi connectivity index (χ4n) is 0. The summed E-state index contributed by atoms with van der Waals surface area (Å²) in [5, 5.41) is 7.49. The summed E-state index contributed by atoms with van der Waals surface area (Å²) in [6, 6.07) is 0.0972. The van der Waals surface area contributed by atoms with Crippen molar-refractivity contribution in [2.24, 2.45) is 0 Å². The van der Waals surface area contributed by atoms with Gasteiger partial charge in [0.05, 0.1) is 6.00 Å². The molecule has 0 unspecified atom stereocenters. The second-order valence-electron chi connectivity index (χ2n) is 0.292. The topological polar surface area (TPSA) is 32.3 Å². The summed E-state index contributed by atoms with van der Waals surface area (Å²) >= 11 is 4.82. The van der Waals surface area contributed by atoms with Crippen molar-refractivity contribution in [3.63, 3.8) is 0 Å². The Bertz CT molecular complexity index is 10.0. The Morgan fingerprint density at radius 3 is 2.25 bits per heavy atom. The van der Waals surface area contributed by atoms with Crippen LogP contribution in [0, 0.1) is 0 Å². The first kappa shape index (κ1) is 4.21. The van der Waals surface area contributed by atoms with Crippen LogP contribution in [0.5, 0.6) is 0 Å². The number of alkyl halides is 1. The first-order valence-corrected chi connectivity index (χ1v) is 1.38. The highest BCUT2D eigenvalue weighted by atomic mass is 35.5. The molecule has 0 fully saturated rings. The van der Waals surface area contributed by atoms with Crippen molar-refractivity contribution < 1.29 is 5.21 Å². The van der Waals surface area contributed by atoms with Crippen LogP contribution in [0.2, 0.25) is 0 Å². The smallest absolute Gasteiger partial charge is 0.0950 e. The second-order valence-corrected chi connectivity index (χ2v) is 0.559. The van der Waals surface area contributed by atoms with Crippen LogP contribution >= 0.6 is 11.6 Å². The lowest BCUT2D eigenvalue weighted by atomic mass is 11.5. The predicted octanol–water partition coefficient (Wildman–Crippen LogP) is 0.162. The van der Waals surface area contributed by atoms with Gasteiger partial charge in [0.15, 0.2) is 0 Å². The van der Waals surface area contributed by atoms with Gasteiger partial charge in [-0.2, -0.15) is 5.48 Å². The van der Waals surface area contributed by atoms with Crippen LogP contribution in [-0.2, 0) is 0 Å². The van der Waals surface area contributed by atoms with E-state index in [-0.39, 0.29) is 6.00 Å². The average molecular weight is 81.5 g/mol. The standard InChI is InChI=1S/CH4ClNO/c2-1-3-4/h3-4H,1H2. The molecule has 3 heteroatoms. The van der Waals surface area contributed by atoms with E-state index in [1.807, 2.05) is 0 Å². The normalized spacial score (nSPS) is 7.50. The lowest BCUT2D eigenvalue weighted by molar-refractivity contribution is 0.187. The summed E-state index contributed by atoms with van der Waals surface area (Å²) in [6.07, 6.45) is 0. The Balaban J connectivity index is 1.97. The Kier molecular flexibility index (Phi) is 3.38. The molecule has 26 valence electrons. The van der Waals surface area contributed by atoms with Crippen molar-refractivity contribution in [2.75, 3.05) is 6.00 Å². The second kappa shape index (κ2) is 3.21. The average Bonchev–Trinajstić information content (AvgIpc) is 1.37. The highest BCUT2D eigenvalue weighted by molar-refractivity contribution is 6.17. The van der Waals surface area contributed by atoms with Crippen molar-refractivity contribution in [3.05, 3.63) is 0 Å². The van der Waals surface area contributed by atoms with Gasteiger partial charge in [0, 0.05) is 0 Å². The van der Waals surface area contributed by atoms with Crippen molar-refractivity contribution in [1.82, 2.24) is 5.48 Å². The fraction of sp³-hybridized carbons (Fsp3) is 1.00. The van der Waals surface area contributed by atoms with Gasteiger partial charge in [0.25, 0.3) is 0 Å². The molecule has 4 heavy (non-hydrogen) atoms. The summed E-state index contributed by atoms with van der Waals surface area (Å²) < 4.78 is 0. The third-order valence-corrected chi connectivity index (χ3v) is 0.179. The monoisotopic (exact) mass is 81.0 g/mol. The van der Waals surface area contributed by atoms with E-state index in [0.29, 0.717) is 0 Å². The van der Waals surface area contributed by atoms with Gasteiger partial charge >= 0.3 is 0 Å². The van der Waals surface area contributed by atoms with Gasteiger partial charge < -0.3 is 5.21 Å². The molecule has 0 spiro atoms. The molecule has 0 aromatic carbocycles. The summed E-state index contributed by atoms with van der Waals surface area (Å²) in [4.78, 5) is 0. The molecule has 0 aromatic heterocycles. The van der Waals surface area contributed by atoms with E-state index < -0.39 is 0 Å². The molecule has 0 amide bonds. The van der Waals surface area contributed by atoms with Gasteiger partial charge in [0.1, 0.15) is 0 Å². The molecule has 0 radical (unpaired) electrons. The highest BCUT2D eigenvalue weighted by Crippen LogP contribution is 1.55. The minimum absolute atomic E-state index is 0.0972. The minimum atomic E-state index is 0.0972. The van der Waals surface area contributed by atoms with Crippen LogP contribution in [0.25, 0.3) is 0 Å². The van der Waals surface area contributed by atoms with Crippen molar-refractivity contribution in [2.45, 2.75) is 0 Å². The molecule has 2 N–H and O–H groups in total. The molecule has 0 saturated heterocycles. The van der Waals surface area contributed by atoms with Crippen LogP contribution in [-0.4, -0.2) is 11.2 Å². The lowest BCUT2D eigenvalue weighted by Crippen LogP contribution is -2.00. The van der Waals surface area contributed by atoms with E-state index in [0.717, 1.165) is 0 Å². The zero-order valence-electron chi connectivity index (χ0n) is 2.03. The van der Waals surface area contributed by atoms with E-state index in [1.54, 1.807) is 5.48 Å². The van der Waals surface area contributed by atoms with E-state index in [4.69, 9.17) is 16.8 Å². The number of rotatable bonds is 1. The Morgan fingerprint density at radius 2 is 2.25 bits per heavy atom. The number of halogens is 1. The van der Waals surface area contributed by atoms with Crippen LogP contribution in [0.15, 0.2) is 0 Å². The van der Waals surface area contributed by atoms with Crippen molar-refractivity contribution in [1.29, 1.82) is 0 Å². The molecule has 0 bridgehead atoms. The maximum absolute atomic E-state index is 7.49. The number of hydroxylamine groups is 1. The van der Waals surface area contributed by atoms with E-state index >= 15 is 0 Å². The highest BCUT2D eigenvalue weighted by Gasteiger charge is 1.54. The molecule has 0 heterocycles. The van der Waals surface area contributed by atoms with Crippen molar-refractivity contribution >= 4 is 11.6 Å². The number of nitrogens with one attached hydrogen (secondary N) is 1. The number of hydrogen-bond donors (Lipinski definition) is 2. The van der Waals surface area contributed by atoms with Crippen LogP contribution in [0.1, 0.15) is 0 Å². The quantitative estimate of drug-likeness (QED) is 0.268. The third kappa shape index (κ3) is 2.21. The maximum Gasteiger partial charge on any atom is 0.0950 e. The molecule has 0 aliphatic rings. The van der Waals surface area contributed by atoms with Crippen LogP contribution in [0.4, 0.5) is 0 Å². The lowest BCUT2D eigenvalue weighted by Gasteiger charge is -1.73. The summed E-state index contributed by atoms with van der Waals surface area (Å²) in [6.45, 7) is 0. The first-order valence-electron chi connectivity index (χ1n) is 0.844. The minimum Gasteiger partial charge on any atom is -0.316 e. The fourth-order valence-corrected chi connectivity index (χ4v) is 0. The van der Waals surface area contributed by atoms with Crippen LogP contribution in [0.3, 0.4) is 0 Å². The molecular formula is CH4ClNO. The van der Waals surface area contributed by atoms with Crippen LogP contribution < -0.4 is 5.48 Å². The predicted molar refractivity (Wildman–Crippen MR) is 15.6 cm³/mol. The maximum atomic E-state index is 7.49. The molecule has 0 atom stereocenters. The number of hydrogen-bond acceptors (Lipinski definition) is 2. The van der Waals surface area contributed by atoms with E-state index in [1.165, 1.54) is 0 Å². The third-order valence-electron chi connectivity index (χ3n) is 0.0598. The molecule has 0 aliphatic carbocycles. The zero-order valence-corrected chi connectivity index (χ0v) is 2.79. The summed E-state index contributed by atoms with van der Waals surface area (Å²) in [5.74, 6) is 0. The van der Waals surface area contributed by atoms with Gasteiger partial charge in [-0.15, -0.1) is 11.6 Å². The summed E-state index contributed by atoms with van der Waals surface area (Å²) in [5.41, 5.74) is 1.70. The Labute approximate surface area is 29.3 Å². The largest absolute Gasteiger partial charge is 0.316 e. The Hall–Kier alpha value is 0.210. The van der Waals surface area contributed by atoms with Gasteiger partial charge in [0.2, 0.25) is 0 Å². The molecule has 0 rings (SSSR count). The Morgan fingerprint density at radius 1 is 2.00 bits per heavy atom. The molecule has 0 aliphatic heterocycles. The molecule has 0 saturated carbocycles. The van der Waals surface area contributed by atoms with Gasteiger partial charge in [-0.05, 0) is 0 Å². The molecule has 0 aromatic rings. The van der Waals surface area contributed by atoms with E-state index in [2.05, 4.69) is 0 Å².